The number of amidine groups is 1. The van der Waals surface area contributed by atoms with E-state index < -0.39 is 11.6 Å². The second-order valence-corrected chi connectivity index (χ2v) is 3.46. The molecule has 0 spiro atoms. The first-order valence-electron chi connectivity index (χ1n) is 4.92. The van der Waals surface area contributed by atoms with Crippen molar-refractivity contribution in [2.75, 3.05) is 0 Å². The lowest BCUT2D eigenvalue weighted by Gasteiger charge is -2.03. The molecule has 3 N–H and O–H groups in total. The minimum absolute atomic E-state index is 0.00466. The first kappa shape index (κ1) is 12.0. The van der Waals surface area contributed by atoms with Gasteiger partial charge in [-0.25, -0.2) is 18.4 Å². The summed E-state index contributed by atoms with van der Waals surface area (Å²) in [5.41, 5.74) is 5.41. The molecular weight excluding hydrogens is 244 g/mol. The Morgan fingerprint density at radius 2 is 2.22 bits per heavy atom. The zero-order valence-electron chi connectivity index (χ0n) is 9.09. The fraction of sp³-hybridized carbons (Fsp3) is 0.100. The van der Waals surface area contributed by atoms with Gasteiger partial charge in [0.2, 0.25) is 11.7 Å². The summed E-state index contributed by atoms with van der Waals surface area (Å²) >= 11 is 0. The molecule has 1 heterocycles. The molecule has 2 rings (SSSR count). The Morgan fingerprint density at radius 3 is 2.94 bits per heavy atom. The lowest BCUT2D eigenvalue weighted by atomic mass is 10.2. The van der Waals surface area contributed by atoms with Crippen LogP contribution in [0.4, 0.5) is 8.78 Å². The maximum Gasteiger partial charge on any atom is 0.219 e. The van der Waals surface area contributed by atoms with Gasteiger partial charge in [-0.1, -0.05) is 17.3 Å². The van der Waals surface area contributed by atoms with Crippen molar-refractivity contribution < 1.29 is 14.0 Å². The van der Waals surface area contributed by atoms with E-state index >= 15 is 0 Å². The number of oxime groups is 1. The molecule has 0 amide bonds. The maximum atomic E-state index is 13.4. The molecule has 0 saturated carbocycles. The molecule has 0 fully saturated rings. The van der Waals surface area contributed by atoms with Crippen molar-refractivity contribution >= 4 is 5.84 Å². The average molecular weight is 253 g/mol. The van der Waals surface area contributed by atoms with Gasteiger partial charge in [-0.05, 0) is 6.07 Å². The Kier molecular flexibility index (Phi) is 3.18. The summed E-state index contributed by atoms with van der Waals surface area (Å²) in [4.78, 5) is 3.76. The van der Waals surface area contributed by atoms with Crippen LogP contribution in [0.5, 0.6) is 0 Å². The summed E-state index contributed by atoms with van der Waals surface area (Å²) in [6, 6.07) is 3.86. The molecule has 1 aromatic carbocycles. The number of nitrogens with two attached hydrogens (primary N) is 1. The Morgan fingerprint density at radius 1 is 1.44 bits per heavy atom. The summed E-state index contributed by atoms with van der Waals surface area (Å²) in [5, 5.41) is 15.0. The van der Waals surface area contributed by atoms with Crippen LogP contribution in [-0.2, 0) is 6.54 Å². The number of hydrogen-bond acceptors (Lipinski definition) is 4. The summed E-state index contributed by atoms with van der Waals surface area (Å²) in [6.45, 7) is -0.00466. The van der Waals surface area contributed by atoms with Crippen molar-refractivity contribution in [2.24, 2.45) is 10.9 Å². The molecule has 94 valence electrons. The molecule has 0 radical (unpaired) electrons. The zero-order valence-corrected chi connectivity index (χ0v) is 9.09. The largest absolute Gasteiger partial charge is 0.409 e. The molecule has 6 nitrogen and oxygen atoms in total. The fourth-order valence-electron chi connectivity index (χ4n) is 1.38. The van der Waals surface area contributed by atoms with E-state index in [1.165, 1.54) is 23.1 Å². The van der Waals surface area contributed by atoms with Gasteiger partial charge in [0.05, 0.1) is 6.54 Å². The minimum atomic E-state index is -0.932. The third-order valence-electron chi connectivity index (χ3n) is 2.24. The second-order valence-electron chi connectivity index (χ2n) is 3.46. The molecule has 18 heavy (non-hydrogen) atoms. The van der Waals surface area contributed by atoms with E-state index in [4.69, 9.17) is 10.9 Å². The van der Waals surface area contributed by atoms with E-state index in [9.17, 15) is 8.78 Å². The molecule has 0 atom stereocenters. The van der Waals surface area contributed by atoms with Crippen LogP contribution in [0, 0.1) is 11.6 Å². The van der Waals surface area contributed by atoms with Gasteiger partial charge < -0.3 is 10.9 Å². The van der Waals surface area contributed by atoms with E-state index in [1.807, 2.05) is 0 Å². The summed E-state index contributed by atoms with van der Waals surface area (Å²) in [5.74, 6) is -2.11. The monoisotopic (exact) mass is 253 g/mol. The van der Waals surface area contributed by atoms with E-state index in [0.29, 0.717) is 0 Å². The first-order valence-corrected chi connectivity index (χ1v) is 4.92. The number of aromatic nitrogens is 3. The van der Waals surface area contributed by atoms with Crippen LogP contribution >= 0.6 is 0 Å². The summed E-state index contributed by atoms with van der Waals surface area (Å²) in [6.07, 6.45) is 1.28. The van der Waals surface area contributed by atoms with Crippen molar-refractivity contribution in [3.05, 3.63) is 47.5 Å². The molecule has 1 aromatic heterocycles. The highest BCUT2D eigenvalue weighted by molar-refractivity contribution is 5.93. The minimum Gasteiger partial charge on any atom is -0.409 e. The van der Waals surface area contributed by atoms with Crippen LogP contribution in [0.1, 0.15) is 11.4 Å². The molecule has 8 heteroatoms. The van der Waals surface area contributed by atoms with Crippen LogP contribution in [0.3, 0.4) is 0 Å². The molecular formula is C10H9F2N5O. The summed E-state index contributed by atoms with van der Waals surface area (Å²) < 4.78 is 27.6. The molecule has 0 bridgehead atoms. The number of hydrogen-bond donors (Lipinski definition) is 2. The van der Waals surface area contributed by atoms with Crippen LogP contribution in [0.2, 0.25) is 0 Å². The number of rotatable bonds is 3. The highest BCUT2D eigenvalue weighted by atomic mass is 19.2. The fourth-order valence-corrected chi connectivity index (χ4v) is 1.38. The van der Waals surface area contributed by atoms with Crippen LogP contribution in [-0.4, -0.2) is 25.8 Å². The molecule has 0 saturated heterocycles. The van der Waals surface area contributed by atoms with Gasteiger partial charge in [0, 0.05) is 5.56 Å². The lowest BCUT2D eigenvalue weighted by molar-refractivity contribution is 0.318. The molecule has 0 aliphatic carbocycles. The molecule has 0 unspecified atom stereocenters. The van der Waals surface area contributed by atoms with Crippen molar-refractivity contribution in [1.82, 2.24) is 14.8 Å². The number of halogens is 2. The van der Waals surface area contributed by atoms with Crippen molar-refractivity contribution in [3.63, 3.8) is 0 Å². The van der Waals surface area contributed by atoms with Crippen molar-refractivity contribution in [3.8, 4) is 0 Å². The first-order chi connectivity index (χ1) is 8.61. The van der Waals surface area contributed by atoms with Gasteiger partial charge in [-0.15, -0.1) is 5.10 Å². The van der Waals surface area contributed by atoms with Gasteiger partial charge in [0.15, 0.2) is 11.6 Å². The lowest BCUT2D eigenvalue weighted by Crippen LogP contribution is -2.16. The Bertz CT molecular complexity index is 596. The van der Waals surface area contributed by atoms with Crippen molar-refractivity contribution in [1.29, 1.82) is 0 Å². The summed E-state index contributed by atoms with van der Waals surface area (Å²) in [7, 11) is 0. The Labute approximate surface area is 100 Å². The van der Waals surface area contributed by atoms with E-state index in [1.54, 1.807) is 0 Å². The predicted molar refractivity (Wildman–Crippen MR) is 58.0 cm³/mol. The van der Waals surface area contributed by atoms with E-state index in [0.717, 1.165) is 6.07 Å². The van der Waals surface area contributed by atoms with Gasteiger partial charge in [-0.3, -0.25) is 0 Å². The Balaban J connectivity index is 2.24. The van der Waals surface area contributed by atoms with E-state index in [2.05, 4.69) is 15.2 Å². The molecule has 0 aliphatic rings. The molecule has 0 aliphatic heterocycles. The van der Waals surface area contributed by atoms with Crippen molar-refractivity contribution in [2.45, 2.75) is 6.54 Å². The Hall–Kier alpha value is -2.51. The highest BCUT2D eigenvalue weighted by Gasteiger charge is 2.10. The van der Waals surface area contributed by atoms with Gasteiger partial charge in [0.25, 0.3) is 0 Å². The normalized spacial score (nSPS) is 11.8. The third-order valence-corrected chi connectivity index (χ3v) is 2.24. The molecule has 2 aromatic rings. The second kappa shape index (κ2) is 4.78. The standard InChI is InChI=1S/C10H9F2N5O/c11-7-3-1-2-6(8(7)12)4-17-5-14-10(15-17)9(13)16-18/h1-3,5,18H,4H2,(H2,13,16). The predicted octanol–water partition coefficient (Wildman–Crippen LogP) is 0.699. The van der Waals surface area contributed by atoms with Gasteiger partial charge in [0.1, 0.15) is 6.33 Å². The smallest absolute Gasteiger partial charge is 0.219 e. The number of nitrogens with zero attached hydrogens (tertiary/aromatic N) is 4. The highest BCUT2D eigenvalue weighted by Crippen LogP contribution is 2.12. The maximum absolute atomic E-state index is 13.4. The van der Waals surface area contributed by atoms with Crippen LogP contribution in [0.15, 0.2) is 29.7 Å². The van der Waals surface area contributed by atoms with Crippen LogP contribution in [0.25, 0.3) is 0 Å². The third kappa shape index (κ3) is 2.26. The topological polar surface area (TPSA) is 89.3 Å². The number of benzene rings is 1. The average Bonchev–Trinajstić information content (AvgIpc) is 2.82. The van der Waals surface area contributed by atoms with E-state index in [-0.39, 0.29) is 23.8 Å². The quantitative estimate of drug-likeness (QED) is 0.364. The van der Waals surface area contributed by atoms with Crippen LogP contribution < -0.4 is 5.73 Å². The SMILES string of the molecule is NC(=NO)c1ncn(Cc2cccc(F)c2F)n1. The van der Waals surface area contributed by atoms with Gasteiger partial charge in [-0.2, -0.15) is 0 Å². The zero-order chi connectivity index (χ0) is 13.1. The van der Waals surface area contributed by atoms with Gasteiger partial charge >= 0.3 is 0 Å².